The fraction of sp³-hybridized carbons (Fsp3) is 0.700. The quantitative estimate of drug-likeness (QED) is 0.0203. The van der Waals surface area contributed by atoms with E-state index < -0.39 is 6.10 Å². The minimum atomic E-state index is -0.799. The summed E-state index contributed by atoms with van der Waals surface area (Å²) in [5.74, 6) is -0.972. The smallest absolute Gasteiger partial charge is 0.306 e. The van der Waals surface area contributed by atoms with E-state index in [2.05, 4.69) is 87.6 Å². The van der Waals surface area contributed by atoms with Gasteiger partial charge in [0, 0.05) is 19.3 Å². The van der Waals surface area contributed by atoms with Crippen LogP contribution in [0.4, 0.5) is 0 Å². The van der Waals surface area contributed by atoms with E-state index in [9.17, 15) is 14.4 Å². The van der Waals surface area contributed by atoms with Gasteiger partial charge in [0.05, 0.1) is 0 Å². The van der Waals surface area contributed by atoms with Crippen LogP contribution in [0.1, 0.15) is 207 Å². The van der Waals surface area contributed by atoms with Crippen molar-refractivity contribution in [1.82, 2.24) is 0 Å². The summed E-state index contributed by atoms with van der Waals surface area (Å²) >= 11 is 0. The molecule has 0 aromatic carbocycles. The molecule has 0 aliphatic heterocycles. The maximum absolute atomic E-state index is 12.7. The van der Waals surface area contributed by atoms with Crippen molar-refractivity contribution in [2.75, 3.05) is 13.2 Å². The summed E-state index contributed by atoms with van der Waals surface area (Å²) in [6.45, 7) is 6.30. The Morgan fingerprint density at radius 1 is 0.393 bits per heavy atom. The largest absolute Gasteiger partial charge is 0.462 e. The summed E-state index contributed by atoms with van der Waals surface area (Å²) < 4.78 is 16.6. The van der Waals surface area contributed by atoms with E-state index in [1.165, 1.54) is 64.2 Å². The zero-order valence-electron chi connectivity index (χ0n) is 36.4. The molecule has 56 heavy (non-hydrogen) atoms. The van der Waals surface area contributed by atoms with E-state index in [1.807, 2.05) is 6.08 Å². The van der Waals surface area contributed by atoms with Crippen molar-refractivity contribution in [3.8, 4) is 0 Å². The number of rotatable bonds is 40. The van der Waals surface area contributed by atoms with Gasteiger partial charge < -0.3 is 14.2 Å². The molecule has 0 rings (SSSR count). The Balaban J connectivity index is 4.41. The van der Waals surface area contributed by atoms with E-state index in [-0.39, 0.29) is 31.1 Å². The van der Waals surface area contributed by atoms with E-state index >= 15 is 0 Å². The van der Waals surface area contributed by atoms with Crippen molar-refractivity contribution < 1.29 is 28.6 Å². The van der Waals surface area contributed by atoms with Gasteiger partial charge in [-0.2, -0.15) is 0 Å². The van der Waals surface area contributed by atoms with Gasteiger partial charge in [-0.1, -0.05) is 171 Å². The number of unbranched alkanes of at least 4 members (excludes halogenated alkanes) is 19. The van der Waals surface area contributed by atoms with Gasteiger partial charge in [0.1, 0.15) is 13.2 Å². The fourth-order valence-electron chi connectivity index (χ4n) is 6.06. The Bertz CT molecular complexity index is 1080. The lowest BCUT2D eigenvalue weighted by Crippen LogP contribution is -2.30. The Morgan fingerprint density at radius 2 is 0.786 bits per heavy atom. The molecule has 1 atom stereocenters. The highest BCUT2D eigenvalue weighted by Gasteiger charge is 2.19. The van der Waals surface area contributed by atoms with Crippen LogP contribution in [0.3, 0.4) is 0 Å². The van der Waals surface area contributed by atoms with Crippen LogP contribution in [0, 0.1) is 0 Å². The highest BCUT2D eigenvalue weighted by atomic mass is 16.6. The summed E-state index contributed by atoms with van der Waals surface area (Å²) in [4.78, 5) is 37.7. The molecule has 6 heteroatoms. The van der Waals surface area contributed by atoms with Gasteiger partial charge >= 0.3 is 17.9 Å². The first-order valence-electron chi connectivity index (χ1n) is 23.0. The molecule has 0 saturated heterocycles. The summed E-state index contributed by atoms with van der Waals surface area (Å²) in [7, 11) is 0. The van der Waals surface area contributed by atoms with Gasteiger partial charge in [-0.3, -0.25) is 14.4 Å². The first kappa shape index (κ1) is 52.9. The van der Waals surface area contributed by atoms with Crippen LogP contribution in [0.15, 0.2) is 72.9 Å². The maximum atomic E-state index is 12.7. The predicted octanol–water partition coefficient (Wildman–Crippen LogP) is 14.7. The molecule has 6 nitrogen and oxygen atoms in total. The second-order valence-electron chi connectivity index (χ2n) is 15.0. The van der Waals surface area contributed by atoms with Crippen molar-refractivity contribution >= 4 is 17.9 Å². The lowest BCUT2D eigenvalue weighted by atomic mass is 10.1. The van der Waals surface area contributed by atoms with Crippen LogP contribution in [0.2, 0.25) is 0 Å². The molecule has 0 radical (unpaired) electrons. The SMILES string of the molecule is CC\C=C/C=C\C=C/CCCCCCCC(=O)OC(COC(=O)CCCC/C=C\C/C=C\CC)COC(=O)CCCCCCC/C=C\CCCCCCCCC. The van der Waals surface area contributed by atoms with E-state index in [0.29, 0.717) is 19.3 Å². The average Bonchev–Trinajstić information content (AvgIpc) is 3.19. The average molecular weight is 781 g/mol. The number of allylic oxidation sites excluding steroid dienone is 12. The molecule has 0 aromatic rings. The monoisotopic (exact) mass is 781 g/mol. The van der Waals surface area contributed by atoms with E-state index in [0.717, 1.165) is 103 Å². The molecule has 320 valence electrons. The van der Waals surface area contributed by atoms with Crippen molar-refractivity contribution in [1.29, 1.82) is 0 Å². The molecule has 1 unspecified atom stereocenters. The summed E-state index contributed by atoms with van der Waals surface area (Å²) in [5.41, 5.74) is 0. The second kappa shape index (κ2) is 44.6. The molecule has 0 N–H and O–H groups in total. The molecule has 0 amide bonds. The van der Waals surface area contributed by atoms with Crippen molar-refractivity contribution in [2.24, 2.45) is 0 Å². The standard InChI is InChI=1S/C50H84O6/c1-4-7-10-13-16-19-21-23-24-25-27-28-31-34-37-40-43-49(52)55-46-47(45-54-48(51)42-39-36-33-30-18-15-12-9-6-3)56-50(53)44-41-38-35-32-29-26-22-20-17-14-11-8-5-2/h8-9,11-12,14,17-18,20,22,24-25,30,47H,4-7,10,13,15-16,19,21,23,26-29,31-46H2,1-3H3/b11-8-,12-9-,17-14-,22-20-,25-24-,30-18-. The minimum absolute atomic E-state index is 0.0993. The lowest BCUT2D eigenvalue weighted by molar-refractivity contribution is -0.167. The topological polar surface area (TPSA) is 78.9 Å². The summed E-state index contributed by atoms with van der Waals surface area (Å²) in [6.07, 6.45) is 54.7. The molecular formula is C50H84O6. The zero-order valence-corrected chi connectivity index (χ0v) is 36.4. The maximum Gasteiger partial charge on any atom is 0.306 e. The molecule has 0 heterocycles. The van der Waals surface area contributed by atoms with E-state index in [1.54, 1.807) is 0 Å². The number of hydrogen-bond donors (Lipinski definition) is 0. The highest BCUT2D eigenvalue weighted by Crippen LogP contribution is 2.13. The Morgan fingerprint density at radius 3 is 1.32 bits per heavy atom. The fourth-order valence-corrected chi connectivity index (χ4v) is 6.06. The van der Waals surface area contributed by atoms with Crippen LogP contribution in [-0.2, 0) is 28.6 Å². The number of carbonyl (C=O) groups excluding carboxylic acids is 3. The lowest BCUT2D eigenvalue weighted by Gasteiger charge is -2.18. The molecule has 0 aromatic heterocycles. The van der Waals surface area contributed by atoms with Gasteiger partial charge in [0.2, 0.25) is 0 Å². The number of ether oxygens (including phenoxy) is 3. The van der Waals surface area contributed by atoms with Crippen molar-refractivity contribution in [2.45, 2.75) is 213 Å². The molecule has 0 aliphatic rings. The Kier molecular flexibility index (Phi) is 42.1. The minimum Gasteiger partial charge on any atom is -0.462 e. The molecular weight excluding hydrogens is 697 g/mol. The third kappa shape index (κ3) is 42.0. The first-order chi connectivity index (χ1) is 27.5. The number of esters is 3. The summed E-state index contributed by atoms with van der Waals surface area (Å²) in [6, 6.07) is 0. The summed E-state index contributed by atoms with van der Waals surface area (Å²) in [5, 5.41) is 0. The van der Waals surface area contributed by atoms with Crippen LogP contribution >= 0.6 is 0 Å². The molecule has 0 bridgehead atoms. The molecule has 0 aliphatic carbocycles. The predicted molar refractivity (Wildman–Crippen MR) is 238 cm³/mol. The van der Waals surface area contributed by atoms with Crippen LogP contribution in [-0.4, -0.2) is 37.2 Å². The van der Waals surface area contributed by atoms with Crippen LogP contribution < -0.4 is 0 Å². The van der Waals surface area contributed by atoms with E-state index in [4.69, 9.17) is 14.2 Å². The molecule has 0 fully saturated rings. The normalized spacial score (nSPS) is 12.7. The van der Waals surface area contributed by atoms with Gasteiger partial charge in [0.15, 0.2) is 6.10 Å². The number of hydrogen-bond acceptors (Lipinski definition) is 6. The Labute approximate surface area is 344 Å². The van der Waals surface area contributed by atoms with Gasteiger partial charge in [-0.15, -0.1) is 0 Å². The Hall–Kier alpha value is -3.15. The number of carbonyl (C=O) groups is 3. The van der Waals surface area contributed by atoms with Gasteiger partial charge in [-0.25, -0.2) is 0 Å². The van der Waals surface area contributed by atoms with Crippen molar-refractivity contribution in [3.63, 3.8) is 0 Å². The highest BCUT2D eigenvalue weighted by molar-refractivity contribution is 5.71. The van der Waals surface area contributed by atoms with Crippen LogP contribution in [0.25, 0.3) is 0 Å². The van der Waals surface area contributed by atoms with Crippen LogP contribution in [0.5, 0.6) is 0 Å². The first-order valence-corrected chi connectivity index (χ1v) is 23.0. The third-order valence-electron chi connectivity index (χ3n) is 9.49. The third-order valence-corrected chi connectivity index (χ3v) is 9.49. The molecule has 0 saturated carbocycles. The molecule has 0 spiro atoms. The zero-order chi connectivity index (χ0) is 40.8. The van der Waals surface area contributed by atoms with Crippen molar-refractivity contribution in [3.05, 3.63) is 72.9 Å². The van der Waals surface area contributed by atoms with Gasteiger partial charge in [-0.05, 0) is 89.9 Å². The van der Waals surface area contributed by atoms with Gasteiger partial charge in [0.25, 0.3) is 0 Å². The second-order valence-corrected chi connectivity index (χ2v) is 15.0.